The highest BCUT2D eigenvalue weighted by Crippen LogP contribution is 2.23. The smallest absolute Gasteiger partial charge is 0.404 e. The van der Waals surface area contributed by atoms with Crippen molar-refractivity contribution in [1.82, 2.24) is 5.43 Å². The van der Waals surface area contributed by atoms with Crippen molar-refractivity contribution >= 4 is 17.2 Å². The first-order chi connectivity index (χ1) is 9.62. The van der Waals surface area contributed by atoms with Crippen LogP contribution < -0.4 is 16.0 Å². The molecule has 0 aromatic heterocycles. The van der Waals surface area contributed by atoms with Gasteiger partial charge >= 0.3 is 6.18 Å². The van der Waals surface area contributed by atoms with Crippen LogP contribution in [-0.4, -0.2) is 16.9 Å². The van der Waals surface area contributed by atoms with E-state index in [1.165, 1.54) is 12.1 Å². The fourth-order valence-corrected chi connectivity index (χ4v) is 1.25. The Morgan fingerprint density at radius 1 is 1.24 bits per heavy atom. The van der Waals surface area contributed by atoms with Crippen molar-refractivity contribution in [2.24, 2.45) is 0 Å². The fourth-order valence-electron chi connectivity index (χ4n) is 1.25. The number of nitrogens with zero attached hydrogens (tertiary/aromatic N) is 1. The average Bonchev–Trinajstić information content (AvgIpc) is 2.37. The molecule has 0 atom stereocenters. The Hall–Kier alpha value is -2.78. The van der Waals surface area contributed by atoms with E-state index < -0.39 is 28.3 Å². The number of hydrogen-bond donors (Lipinski definition) is 2. The predicted octanol–water partition coefficient (Wildman–Crippen LogP) is 1.23. The van der Waals surface area contributed by atoms with Crippen LogP contribution in [0.2, 0.25) is 0 Å². The van der Waals surface area contributed by atoms with E-state index in [1.54, 1.807) is 0 Å². The molecule has 21 heavy (non-hydrogen) atoms. The Balaban J connectivity index is 2.89. The van der Waals surface area contributed by atoms with Crippen molar-refractivity contribution in [2.45, 2.75) is 13.1 Å². The molecule has 0 spiro atoms. The highest BCUT2D eigenvalue weighted by molar-refractivity contribution is 5.93. The molecule has 7 nitrogen and oxygen atoms in total. The molecule has 0 saturated heterocycles. The van der Waals surface area contributed by atoms with Gasteiger partial charge in [-0.1, -0.05) is 0 Å². The van der Waals surface area contributed by atoms with Gasteiger partial charge in [0.1, 0.15) is 0 Å². The first-order valence-corrected chi connectivity index (χ1v) is 5.39. The van der Waals surface area contributed by atoms with Crippen LogP contribution in [0.25, 0.3) is 0 Å². The molecular weight excluding hydrogens is 295 g/mol. The molecule has 1 aromatic carbocycles. The number of nitro groups is 1. The third kappa shape index (κ3) is 4.37. The molecule has 0 aliphatic rings. The number of allylic oxidation sites excluding steroid dienone is 2. The van der Waals surface area contributed by atoms with E-state index in [0.717, 1.165) is 19.1 Å². The number of halogens is 3. The molecule has 114 valence electrons. The second kappa shape index (κ2) is 6.11. The zero-order chi connectivity index (χ0) is 16.2. The highest BCUT2D eigenvalue weighted by Gasteiger charge is 2.30. The van der Waals surface area contributed by atoms with E-state index in [4.69, 9.17) is 0 Å². The van der Waals surface area contributed by atoms with Crippen LogP contribution in [0.3, 0.4) is 0 Å². The molecule has 0 unspecified atom stereocenters. The van der Waals surface area contributed by atoms with Crippen molar-refractivity contribution in [2.75, 3.05) is 5.43 Å². The van der Waals surface area contributed by atoms with Crippen molar-refractivity contribution < 1.29 is 28.0 Å². The molecule has 1 rings (SSSR count). The molecule has 1 aromatic rings. The summed E-state index contributed by atoms with van der Waals surface area (Å²) in [7, 11) is 0. The van der Waals surface area contributed by atoms with Crippen LogP contribution >= 0.6 is 0 Å². The van der Waals surface area contributed by atoms with Crippen LogP contribution in [0.4, 0.5) is 24.5 Å². The Kier molecular flexibility index (Phi) is 4.74. The maximum Gasteiger partial charge on any atom is 0.404 e. The van der Waals surface area contributed by atoms with Gasteiger partial charge in [-0.05, 0) is 12.1 Å². The SMILES string of the molecule is CC(=O)C(NNc1ccc([N+](=O)[O-])cc1)=C([O-])C(F)(F)F. The van der Waals surface area contributed by atoms with E-state index >= 15 is 0 Å². The van der Waals surface area contributed by atoms with Gasteiger partial charge in [0.25, 0.3) is 5.69 Å². The van der Waals surface area contributed by atoms with Gasteiger partial charge in [-0.3, -0.25) is 20.3 Å². The lowest BCUT2D eigenvalue weighted by Crippen LogP contribution is -2.35. The molecular formula is C11H9F3N3O4-. The largest absolute Gasteiger partial charge is 0.868 e. The summed E-state index contributed by atoms with van der Waals surface area (Å²) >= 11 is 0. The Labute approximate surface area is 116 Å². The van der Waals surface area contributed by atoms with Gasteiger partial charge in [-0.2, -0.15) is 13.2 Å². The van der Waals surface area contributed by atoms with Crippen LogP contribution in [0.15, 0.2) is 35.7 Å². The van der Waals surface area contributed by atoms with Gasteiger partial charge in [0, 0.05) is 24.8 Å². The topological polar surface area (TPSA) is 107 Å². The molecule has 10 heteroatoms. The van der Waals surface area contributed by atoms with Crippen LogP contribution in [0, 0.1) is 10.1 Å². The number of carbonyl (C=O) groups is 1. The van der Waals surface area contributed by atoms with Crippen molar-refractivity contribution in [3.05, 3.63) is 45.8 Å². The number of anilines is 1. The van der Waals surface area contributed by atoms with Gasteiger partial charge in [-0.25, -0.2) is 0 Å². The number of Topliss-reactive ketones (excluding diaryl/α,β-unsaturated/α-hetero) is 1. The molecule has 0 aliphatic heterocycles. The van der Waals surface area contributed by atoms with Gasteiger partial charge in [0.05, 0.1) is 16.3 Å². The normalized spacial score (nSPS) is 12.4. The van der Waals surface area contributed by atoms with Gasteiger partial charge in [-0.15, -0.1) is 0 Å². The number of ketones is 1. The van der Waals surface area contributed by atoms with Crippen molar-refractivity contribution in [3.63, 3.8) is 0 Å². The highest BCUT2D eigenvalue weighted by atomic mass is 19.4. The molecule has 2 N–H and O–H groups in total. The number of carbonyl (C=O) groups excluding carboxylic acids is 1. The number of non-ortho nitro benzene ring substituents is 1. The number of hydrazine groups is 1. The molecule has 0 heterocycles. The quantitative estimate of drug-likeness (QED) is 0.367. The monoisotopic (exact) mass is 304 g/mol. The fraction of sp³-hybridized carbons (Fsp3) is 0.182. The Morgan fingerprint density at radius 2 is 1.76 bits per heavy atom. The maximum absolute atomic E-state index is 12.3. The molecule has 0 fully saturated rings. The third-order valence-corrected chi connectivity index (χ3v) is 2.25. The van der Waals surface area contributed by atoms with Crippen LogP contribution in [-0.2, 0) is 4.79 Å². The second-order valence-electron chi connectivity index (χ2n) is 3.81. The summed E-state index contributed by atoms with van der Waals surface area (Å²) in [5, 5.41) is 21.4. The summed E-state index contributed by atoms with van der Waals surface area (Å²) in [6.45, 7) is 0.795. The minimum absolute atomic E-state index is 0.134. The van der Waals surface area contributed by atoms with E-state index in [0.29, 0.717) is 0 Å². The molecule has 0 amide bonds. The summed E-state index contributed by atoms with van der Waals surface area (Å²) in [5.74, 6) is -3.42. The molecule has 0 radical (unpaired) electrons. The number of nitro benzene ring substituents is 1. The third-order valence-electron chi connectivity index (χ3n) is 2.25. The van der Waals surface area contributed by atoms with Crippen molar-refractivity contribution in [3.8, 4) is 0 Å². The zero-order valence-corrected chi connectivity index (χ0v) is 10.5. The van der Waals surface area contributed by atoms with E-state index in [1.807, 2.05) is 5.43 Å². The van der Waals surface area contributed by atoms with E-state index in [2.05, 4.69) is 5.43 Å². The summed E-state index contributed by atoms with van der Waals surface area (Å²) in [6.07, 6.45) is -5.19. The molecule has 0 saturated carbocycles. The summed E-state index contributed by atoms with van der Waals surface area (Å²) in [4.78, 5) is 20.8. The second-order valence-corrected chi connectivity index (χ2v) is 3.81. The lowest BCUT2D eigenvalue weighted by molar-refractivity contribution is -0.384. The molecule has 0 aliphatic carbocycles. The predicted molar refractivity (Wildman–Crippen MR) is 63.6 cm³/mol. The zero-order valence-electron chi connectivity index (χ0n) is 10.5. The van der Waals surface area contributed by atoms with Crippen LogP contribution in [0.1, 0.15) is 6.92 Å². The number of alkyl halides is 3. The Morgan fingerprint density at radius 3 is 2.14 bits per heavy atom. The summed E-state index contributed by atoms with van der Waals surface area (Å²) in [6, 6.07) is 4.59. The summed E-state index contributed by atoms with van der Waals surface area (Å²) < 4.78 is 36.8. The van der Waals surface area contributed by atoms with E-state index in [-0.39, 0.29) is 11.4 Å². The van der Waals surface area contributed by atoms with Crippen LogP contribution in [0.5, 0.6) is 0 Å². The maximum atomic E-state index is 12.3. The first kappa shape index (κ1) is 16.3. The lowest BCUT2D eigenvalue weighted by atomic mass is 10.2. The van der Waals surface area contributed by atoms with Gasteiger partial charge in [0.15, 0.2) is 5.78 Å². The number of rotatable bonds is 5. The molecule has 0 bridgehead atoms. The minimum Gasteiger partial charge on any atom is -0.868 e. The summed E-state index contributed by atoms with van der Waals surface area (Å²) in [5.41, 5.74) is 2.80. The number of benzene rings is 1. The van der Waals surface area contributed by atoms with Crippen molar-refractivity contribution in [1.29, 1.82) is 0 Å². The Bertz CT molecular complexity index is 581. The minimum atomic E-state index is -5.19. The number of nitrogens with one attached hydrogen (secondary N) is 2. The van der Waals surface area contributed by atoms with E-state index in [9.17, 15) is 33.2 Å². The standard InChI is InChI=1S/C11H10F3N3O4/c1-6(18)9(10(19)11(12,13)14)16-15-7-2-4-8(5-3-7)17(20)21/h2-5,15-16,19H,1H3/p-1. The number of hydrogen-bond acceptors (Lipinski definition) is 6. The average molecular weight is 304 g/mol. The van der Waals surface area contributed by atoms with Gasteiger partial charge in [0.2, 0.25) is 0 Å². The lowest BCUT2D eigenvalue weighted by Gasteiger charge is -2.21. The van der Waals surface area contributed by atoms with Gasteiger partial charge < -0.3 is 10.5 Å². The first-order valence-electron chi connectivity index (χ1n) is 5.39.